The van der Waals surface area contributed by atoms with Crippen LogP contribution >= 0.6 is 7.75 Å². The topological polar surface area (TPSA) is 224 Å². The number of aliphatic carboxylic acids is 1. The standard InChI is InChI=1S/C20H25N6O9P/c1-10(19(29)30)25-36(32,35-11-5-3-2-4-6-11)33-9-13-14(27)15(28)18(34-13)26-8-7-12-16(24-31)22-20(21)23-17(12)26/h2-8,10,13-15,18,27-28,31H,9H2,1H3,(H,25,32)(H,29,30)(H3,21,22,23,24)/t10?,13-,14-,15-,18-,36?/m1/s1. The fourth-order valence-electron chi connectivity index (χ4n) is 3.61. The molecule has 0 spiro atoms. The first kappa shape index (κ1) is 25.8. The summed E-state index contributed by atoms with van der Waals surface area (Å²) < 4.78 is 31.4. The fraction of sp³-hybridized carbons (Fsp3) is 0.350. The predicted octanol–water partition coefficient (Wildman–Crippen LogP) is 0.700. The molecular formula is C20H25N6O9P. The highest BCUT2D eigenvalue weighted by Crippen LogP contribution is 2.46. The van der Waals surface area contributed by atoms with Crippen molar-refractivity contribution < 1.29 is 43.7 Å². The molecule has 15 nitrogen and oxygen atoms in total. The van der Waals surface area contributed by atoms with E-state index in [0.29, 0.717) is 5.39 Å². The van der Waals surface area contributed by atoms with Crippen LogP contribution in [0.25, 0.3) is 11.0 Å². The smallest absolute Gasteiger partial charge is 0.459 e. The number of carboxylic acid groups (broad SMARTS) is 1. The molecule has 0 saturated carbocycles. The molecule has 0 amide bonds. The maximum Gasteiger partial charge on any atom is 0.459 e. The monoisotopic (exact) mass is 524 g/mol. The van der Waals surface area contributed by atoms with Crippen LogP contribution in [0.15, 0.2) is 42.6 Å². The number of nitrogens with zero attached hydrogens (tertiary/aromatic N) is 3. The van der Waals surface area contributed by atoms with Crippen LogP contribution < -0.4 is 20.8 Å². The van der Waals surface area contributed by atoms with Gasteiger partial charge >= 0.3 is 13.7 Å². The zero-order chi connectivity index (χ0) is 26.0. The summed E-state index contributed by atoms with van der Waals surface area (Å²) in [5.74, 6) is -1.27. The highest BCUT2D eigenvalue weighted by molar-refractivity contribution is 7.52. The first-order valence-electron chi connectivity index (χ1n) is 10.7. The third kappa shape index (κ3) is 5.27. The number of carboxylic acids is 1. The number of aliphatic hydroxyl groups is 2. The number of hydrogen-bond donors (Lipinski definition) is 7. The number of rotatable bonds is 10. The van der Waals surface area contributed by atoms with Gasteiger partial charge in [-0.2, -0.15) is 15.1 Å². The molecule has 3 heterocycles. The Bertz CT molecular complexity index is 1280. The quantitative estimate of drug-likeness (QED) is 0.143. The van der Waals surface area contributed by atoms with E-state index in [9.17, 15) is 29.9 Å². The number of benzene rings is 1. The van der Waals surface area contributed by atoms with E-state index >= 15 is 0 Å². The van der Waals surface area contributed by atoms with E-state index < -0.39 is 50.9 Å². The van der Waals surface area contributed by atoms with Gasteiger partial charge in [0, 0.05) is 6.20 Å². The fourth-order valence-corrected chi connectivity index (χ4v) is 5.12. The van der Waals surface area contributed by atoms with Crippen LogP contribution in [0.3, 0.4) is 0 Å². The Kier molecular flexibility index (Phi) is 7.42. The van der Waals surface area contributed by atoms with Crippen molar-refractivity contribution in [2.24, 2.45) is 0 Å². The molecule has 8 N–H and O–H groups in total. The molecule has 0 radical (unpaired) electrons. The summed E-state index contributed by atoms with van der Waals surface area (Å²) >= 11 is 0. The third-order valence-corrected chi connectivity index (χ3v) is 7.05. The van der Waals surface area contributed by atoms with Crippen LogP contribution in [0.1, 0.15) is 13.2 Å². The lowest BCUT2D eigenvalue weighted by Gasteiger charge is -2.24. The SMILES string of the molecule is CC(NP(=O)(OC[C@H]1O[C@@H](n2ccc3c(NO)nc(N)nc32)[C@H](O)[C@@H]1O)Oc1ccccc1)C(=O)O. The molecule has 6 atom stereocenters. The van der Waals surface area contributed by atoms with E-state index in [4.69, 9.17) is 19.5 Å². The van der Waals surface area contributed by atoms with E-state index in [2.05, 4.69) is 15.1 Å². The molecular weight excluding hydrogens is 499 g/mol. The average molecular weight is 524 g/mol. The Morgan fingerprint density at radius 3 is 2.64 bits per heavy atom. The second kappa shape index (κ2) is 10.4. The molecule has 2 unspecified atom stereocenters. The summed E-state index contributed by atoms with van der Waals surface area (Å²) in [7, 11) is -4.27. The summed E-state index contributed by atoms with van der Waals surface area (Å²) in [6, 6.07) is 8.21. The summed E-state index contributed by atoms with van der Waals surface area (Å²) in [6.45, 7) is 0.728. The van der Waals surface area contributed by atoms with Crippen LogP contribution in [0.2, 0.25) is 0 Å². The Morgan fingerprint density at radius 1 is 1.25 bits per heavy atom. The number of fused-ring (bicyclic) bond motifs is 1. The van der Waals surface area contributed by atoms with Gasteiger partial charge in [0.15, 0.2) is 12.0 Å². The predicted molar refractivity (Wildman–Crippen MR) is 124 cm³/mol. The van der Waals surface area contributed by atoms with Crippen LogP contribution in [-0.2, 0) is 18.6 Å². The number of nitrogens with two attached hydrogens (primary N) is 1. The van der Waals surface area contributed by atoms with Gasteiger partial charge in [0.05, 0.1) is 12.0 Å². The lowest BCUT2D eigenvalue weighted by atomic mass is 10.1. The van der Waals surface area contributed by atoms with Crippen LogP contribution in [0.5, 0.6) is 5.75 Å². The number of anilines is 2. The molecule has 3 aromatic rings. The van der Waals surface area contributed by atoms with E-state index in [-0.39, 0.29) is 23.2 Å². The van der Waals surface area contributed by atoms with Gasteiger partial charge in [0.2, 0.25) is 5.95 Å². The summed E-state index contributed by atoms with van der Waals surface area (Å²) in [6.07, 6.45) is -3.80. The Morgan fingerprint density at radius 2 is 1.97 bits per heavy atom. The van der Waals surface area contributed by atoms with Gasteiger partial charge in [0.1, 0.15) is 35.8 Å². The molecule has 36 heavy (non-hydrogen) atoms. The Labute approximate surface area is 204 Å². The molecule has 1 aliphatic heterocycles. The molecule has 4 rings (SSSR count). The first-order valence-corrected chi connectivity index (χ1v) is 12.2. The first-order chi connectivity index (χ1) is 17.1. The number of para-hydroxylation sites is 1. The van der Waals surface area contributed by atoms with Crippen molar-refractivity contribution in [1.82, 2.24) is 19.6 Å². The largest absolute Gasteiger partial charge is 0.480 e. The molecule has 1 aromatic carbocycles. The number of nitrogen functional groups attached to an aromatic ring is 1. The Balaban J connectivity index is 1.53. The summed E-state index contributed by atoms with van der Waals surface area (Å²) in [5, 5.41) is 42.4. The molecule has 2 aromatic heterocycles. The van der Waals surface area contributed by atoms with Crippen LogP contribution in [0, 0.1) is 0 Å². The molecule has 194 valence electrons. The average Bonchev–Trinajstić information content (AvgIpc) is 3.38. The van der Waals surface area contributed by atoms with E-state index in [1.54, 1.807) is 24.3 Å². The summed E-state index contributed by atoms with van der Waals surface area (Å²) in [4.78, 5) is 19.3. The molecule has 0 bridgehead atoms. The minimum absolute atomic E-state index is 0.0294. The van der Waals surface area contributed by atoms with Gasteiger partial charge in [-0.1, -0.05) is 18.2 Å². The van der Waals surface area contributed by atoms with E-state index in [0.717, 1.165) is 0 Å². The van der Waals surface area contributed by atoms with Crippen molar-refractivity contribution in [2.75, 3.05) is 17.8 Å². The zero-order valence-corrected chi connectivity index (χ0v) is 19.7. The molecule has 0 aliphatic carbocycles. The number of aromatic nitrogens is 3. The molecule has 1 saturated heterocycles. The zero-order valence-electron chi connectivity index (χ0n) is 18.8. The van der Waals surface area contributed by atoms with Crippen molar-refractivity contribution in [3.05, 3.63) is 42.6 Å². The third-order valence-electron chi connectivity index (χ3n) is 5.41. The van der Waals surface area contributed by atoms with Gasteiger partial charge in [-0.15, -0.1) is 0 Å². The summed E-state index contributed by atoms with van der Waals surface area (Å²) in [5.41, 5.74) is 7.80. The van der Waals surface area contributed by atoms with Crippen molar-refractivity contribution in [1.29, 1.82) is 0 Å². The highest BCUT2D eigenvalue weighted by atomic mass is 31.2. The van der Waals surface area contributed by atoms with E-state index in [1.165, 1.54) is 29.8 Å². The van der Waals surface area contributed by atoms with Crippen molar-refractivity contribution in [3.8, 4) is 5.75 Å². The number of carbonyl (C=O) groups is 1. The van der Waals surface area contributed by atoms with Crippen molar-refractivity contribution >= 4 is 36.5 Å². The van der Waals surface area contributed by atoms with E-state index in [1.807, 2.05) is 5.48 Å². The maximum absolute atomic E-state index is 13.4. The van der Waals surface area contributed by atoms with Gasteiger partial charge < -0.3 is 34.9 Å². The lowest BCUT2D eigenvalue weighted by molar-refractivity contribution is -0.138. The normalized spacial score (nSPS) is 24.3. The lowest BCUT2D eigenvalue weighted by Crippen LogP contribution is -2.36. The second-order valence-electron chi connectivity index (χ2n) is 7.94. The number of nitrogens with one attached hydrogen (secondary N) is 2. The molecule has 1 fully saturated rings. The van der Waals surface area contributed by atoms with Crippen molar-refractivity contribution in [2.45, 2.75) is 37.5 Å². The van der Waals surface area contributed by atoms with Crippen LogP contribution in [0.4, 0.5) is 11.8 Å². The molecule has 16 heteroatoms. The minimum Gasteiger partial charge on any atom is -0.480 e. The van der Waals surface area contributed by atoms with Gasteiger partial charge in [-0.25, -0.2) is 4.57 Å². The second-order valence-corrected chi connectivity index (χ2v) is 9.63. The number of ether oxygens (including phenoxy) is 1. The van der Waals surface area contributed by atoms with Gasteiger partial charge in [-0.3, -0.25) is 20.0 Å². The minimum atomic E-state index is -4.27. The molecule has 1 aliphatic rings. The highest BCUT2D eigenvalue weighted by Gasteiger charge is 2.46. The van der Waals surface area contributed by atoms with Crippen LogP contribution in [-0.4, -0.2) is 72.0 Å². The van der Waals surface area contributed by atoms with Gasteiger partial charge in [-0.05, 0) is 25.1 Å². The number of hydrogen-bond acceptors (Lipinski definition) is 12. The number of aliphatic hydroxyl groups excluding tert-OH is 2. The Hall–Kier alpha value is -3.30. The van der Waals surface area contributed by atoms with Crippen molar-refractivity contribution in [3.63, 3.8) is 0 Å². The maximum atomic E-state index is 13.4. The van der Waals surface area contributed by atoms with Gasteiger partial charge in [0.25, 0.3) is 0 Å².